The second-order valence-electron chi connectivity index (χ2n) is 7.35. The topological polar surface area (TPSA) is 117 Å². The molecule has 0 aliphatic carbocycles. The molecule has 2 N–H and O–H groups in total. The molecule has 0 aromatic heterocycles. The Kier molecular flexibility index (Phi) is 9.99. The fourth-order valence-electron chi connectivity index (χ4n) is 3.38. The summed E-state index contributed by atoms with van der Waals surface area (Å²) < 4.78 is 10.6. The molecule has 0 unspecified atom stereocenters. The number of hydrogen-bond donors (Lipinski definition) is 2. The first kappa shape index (κ1) is 24.4. The number of piperidine rings is 1. The van der Waals surface area contributed by atoms with Crippen LogP contribution in [0.1, 0.15) is 18.4 Å². The van der Waals surface area contributed by atoms with E-state index in [1.165, 1.54) is 0 Å². The number of morpholine rings is 1. The number of allylic oxidation sites excluding steroid dienone is 1. The van der Waals surface area contributed by atoms with E-state index in [4.69, 9.17) is 29.3 Å². The van der Waals surface area contributed by atoms with Crippen LogP contribution in [0.2, 0.25) is 0 Å². The van der Waals surface area contributed by atoms with Gasteiger partial charge in [-0.1, -0.05) is 24.3 Å². The number of nitrogens with zero attached hydrogens (tertiary/aromatic N) is 2. The smallest absolute Gasteiger partial charge is 0.414 e. The van der Waals surface area contributed by atoms with Gasteiger partial charge < -0.3 is 24.6 Å². The molecular weight excluding hydrogens is 404 g/mol. The second kappa shape index (κ2) is 12.7. The maximum atomic E-state index is 12.4. The molecule has 170 valence electrons. The average Bonchev–Trinajstić information content (AvgIpc) is 2.79. The number of hydrogen-bond acceptors (Lipinski definition) is 6. The highest BCUT2D eigenvalue weighted by Gasteiger charge is 2.23. The molecule has 1 amide bonds. The van der Waals surface area contributed by atoms with Crippen molar-refractivity contribution in [3.8, 4) is 5.75 Å². The Morgan fingerprint density at radius 1 is 1.10 bits per heavy atom. The number of rotatable bonds is 5. The SMILES string of the molecule is COc1cccc(/C=C/C2CCN(C(=O)CN3CCOCC3)CC2)c1.O=C(O)C(=O)O. The first-order chi connectivity index (χ1) is 14.9. The third-order valence-electron chi connectivity index (χ3n) is 5.19. The Morgan fingerprint density at radius 2 is 1.74 bits per heavy atom. The van der Waals surface area contributed by atoms with Gasteiger partial charge in [0.15, 0.2) is 0 Å². The van der Waals surface area contributed by atoms with Crippen LogP contribution in [0.25, 0.3) is 6.08 Å². The van der Waals surface area contributed by atoms with E-state index in [9.17, 15) is 4.79 Å². The Bertz CT molecular complexity index is 755. The highest BCUT2D eigenvalue weighted by molar-refractivity contribution is 6.27. The monoisotopic (exact) mass is 434 g/mol. The lowest BCUT2D eigenvalue weighted by Crippen LogP contribution is -2.46. The summed E-state index contributed by atoms with van der Waals surface area (Å²) in [5, 5.41) is 14.8. The van der Waals surface area contributed by atoms with Gasteiger partial charge in [0, 0.05) is 26.2 Å². The fraction of sp³-hybridized carbons (Fsp3) is 0.500. The predicted octanol–water partition coefficient (Wildman–Crippen LogP) is 1.43. The van der Waals surface area contributed by atoms with E-state index < -0.39 is 11.9 Å². The van der Waals surface area contributed by atoms with Crippen molar-refractivity contribution in [2.45, 2.75) is 12.8 Å². The van der Waals surface area contributed by atoms with Gasteiger partial charge in [0.05, 0.1) is 26.9 Å². The van der Waals surface area contributed by atoms with Gasteiger partial charge in [0.2, 0.25) is 5.91 Å². The van der Waals surface area contributed by atoms with E-state index in [-0.39, 0.29) is 5.91 Å². The molecule has 9 heteroatoms. The lowest BCUT2D eigenvalue weighted by atomic mass is 9.95. The summed E-state index contributed by atoms with van der Waals surface area (Å²) in [5.74, 6) is -1.97. The molecule has 0 saturated carbocycles. The van der Waals surface area contributed by atoms with Gasteiger partial charge in [-0.25, -0.2) is 9.59 Å². The second-order valence-corrected chi connectivity index (χ2v) is 7.35. The molecule has 0 radical (unpaired) electrons. The molecule has 31 heavy (non-hydrogen) atoms. The first-order valence-corrected chi connectivity index (χ1v) is 10.3. The number of methoxy groups -OCH3 is 1. The zero-order valence-corrected chi connectivity index (χ0v) is 17.7. The quantitative estimate of drug-likeness (QED) is 0.669. The van der Waals surface area contributed by atoms with Crippen LogP contribution < -0.4 is 4.74 Å². The molecule has 2 fully saturated rings. The Balaban J connectivity index is 0.000000501. The minimum Gasteiger partial charge on any atom is -0.497 e. The van der Waals surface area contributed by atoms with Crippen molar-refractivity contribution in [1.29, 1.82) is 0 Å². The molecule has 2 aliphatic rings. The number of benzene rings is 1. The zero-order chi connectivity index (χ0) is 22.6. The van der Waals surface area contributed by atoms with E-state index >= 15 is 0 Å². The molecule has 0 spiro atoms. The van der Waals surface area contributed by atoms with Crippen LogP contribution in [-0.4, -0.2) is 90.9 Å². The van der Waals surface area contributed by atoms with Crippen LogP contribution in [0.4, 0.5) is 0 Å². The summed E-state index contributed by atoms with van der Waals surface area (Å²) in [7, 11) is 1.69. The summed E-state index contributed by atoms with van der Waals surface area (Å²) in [6.45, 7) is 5.46. The van der Waals surface area contributed by atoms with Gasteiger partial charge in [-0.05, 0) is 36.5 Å². The van der Waals surface area contributed by atoms with Gasteiger partial charge in [-0.3, -0.25) is 9.69 Å². The van der Waals surface area contributed by atoms with Crippen LogP contribution in [0.15, 0.2) is 30.3 Å². The Hall–Kier alpha value is -2.91. The lowest BCUT2D eigenvalue weighted by molar-refractivity contribution is -0.159. The van der Waals surface area contributed by atoms with E-state index in [1.54, 1.807) is 7.11 Å². The van der Waals surface area contributed by atoms with Crippen LogP contribution in [0, 0.1) is 5.92 Å². The molecule has 2 heterocycles. The van der Waals surface area contributed by atoms with Crippen LogP contribution >= 0.6 is 0 Å². The van der Waals surface area contributed by atoms with Crippen molar-refractivity contribution in [1.82, 2.24) is 9.80 Å². The van der Waals surface area contributed by atoms with Crippen molar-refractivity contribution in [2.75, 3.05) is 53.0 Å². The summed E-state index contributed by atoms with van der Waals surface area (Å²) in [6, 6.07) is 8.08. The maximum absolute atomic E-state index is 12.4. The number of carbonyl (C=O) groups excluding carboxylic acids is 1. The van der Waals surface area contributed by atoms with Gasteiger partial charge in [0.25, 0.3) is 0 Å². The summed E-state index contributed by atoms with van der Waals surface area (Å²) in [4.78, 5) is 34.8. The molecule has 2 saturated heterocycles. The third-order valence-corrected chi connectivity index (χ3v) is 5.19. The van der Waals surface area contributed by atoms with Gasteiger partial charge in [0.1, 0.15) is 5.75 Å². The van der Waals surface area contributed by atoms with Crippen molar-refractivity contribution < 1.29 is 34.1 Å². The van der Waals surface area contributed by atoms with Gasteiger partial charge >= 0.3 is 11.9 Å². The van der Waals surface area contributed by atoms with E-state index in [0.29, 0.717) is 12.5 Å². The largest absolute Gasteiger partial charge is 0.497 e. The normalized spacial score (nSPS) is 17.6. The number of carboxylic acid groups (broad SMARTS) is 2. The van der Waals surface area contributed by atoms with Crippen LogP contribution in [0.5, 0.6) is 5.75 Å². The highest BCUT2D eigenvalue weighted by Crippen LogP contribution is 2.21. The molecule has 1 aromatic rings. The summed E-state index contributed by atoms with van der Waals surface area (Å²) in [6.07, 6.45) is 6.52. The molecular formula is C22H30N2O7. The third kappa shape index (κ3) is 8.77. The van der Waals surface area contributed by atoms with E-state index in [2.05, 4.69) is 23.1 Å². The van der Waals surface area contributed by atoms with Crippen molar-refractivity contribution in [3.05, 3.63) is 35.9 Å². The molecule has 0 bridgehead atoms. The number of aliphatic carboxylic acids is 2. The zero-order valence-electron chi connectivity index (χ0n) is 17.7. The molecule has 3 rings (SSSR count). The molecule has 9 nitrogen and oxygen atoms in total. The Labute approximate surface area is 181 Å². The van der Waals surface area contributed by atoms with Crippen molar-refractivity contribution in [3.63, 3.8) is 0 Å². The summed E-state index contributed by atoms with van der Waals surface area (Å²) in [5.41, 5.74) is 1.16. The Morgan fingerprint density at radius 3 is 2.32 bits per heavy atom. The minimum absolute atomic E-state index is 0.261. The standard InChI is InChI=1S/C20H28N2O3.C2H2O4/c1-24-19-4-2-3-18(15-19)6-5-17-7-9-22(10-8-17)20(23)16-21-11-13-25-14-12-21;3-1(4)2(5)6/h2-6,15,17H,7-14,16H2,1H3;(H,3,4)(H,5,6)/b6-5+;. The number of ether oxygens (including phenoxy) is 2. The molecule has 2 aliphatic heterocycles. The molecule has 0 atom stereocenters. The fourth-order valence-corrected chi connectivity index (χ4v) is 3.38. The van der Waals surface area contributed by atoms with Crippen molar-refractivity contribution in [2.24, 2.45) is 5.92 Å². The highest BCUT2D eigenvalue weighted by atomic mass is 16.5. The molecule has 1 aromatic carbocycles. The van der Waals surface area contributed by atoms with Crippen molar-refractivity contribution >= 4 is 23.9 Å². The first-order valence-electron chi connectivity index (χ1n) is 10.3. The van der Waals surface area contributed by atoms with E-state index in [1.807, 2.05) is 23.1 Å². The maximum Gasteiger partial charge on any atom is 0.414 e. The average molecular weight is 434 g/mol. The van der Waals surface area contributed by atoms with Crippen LogP contribution in [0.3, 0.4) is 0 Å². The number of amides is 1. The lowest BCUT2D eigenvalue weighted by Gasteiger charge is -2.33. The van der Waals surface area contributed by atoms with Gasteiger partial charge in [-0.2, -0.15) is 0 Å². The number of carbonyl (C=O) groups is 3. The van der Waals surface area contributed by atoms with E-state index in [0.717, 1.165) is 63.5 Å². The van der Waals surface area contributed by atoms with Gasteiger partial charge in [-0.15, -0.1) is 0 Å². The predicted molar refractivity (Wildman–Crippen MR) is 114 cm³/mol. The number of carboxylic acids is 2. The summed E-state index contributed by atoms with van der Waals surface area (Å²) >= 11 is 0. The van der Waals surface area contributed by atoms with Crippen LogP contribution in [-0.2, 0) is 19.1 Å². The minimum atomic E-state index is -1.82. The number of likely N-dealkylation sites (tertiary alicyclic amines) is 1.